The highest BCUT2D eigenvalue weighted by molar-refractivity contribution is 5.46. The van der Waals surface area contributed by atoms with Gasteiger partial charge in [0.1, 0.15) is 11.6 Å². The van der Waals surface area contributed by atoms with E-state index in [1.54, 1.807) is 0 Å². The Bertz CT molecular complexity index is 326. The smallest absolute Gasteiger partial charge is 0.128 e. The molecule has 0 spiro atoms. The molecule has 0 aliphatic heterocycles. The fourth-order valence-corrected chi connectivity index (χ4v) is 1.24. The first kappa shape index (κ1) is 12.8. The van der Waals surface area contributed by atoms with Crippen molar-refractivity contribution in [2.45, 2.75) is 32.7 Å². The third kappa shape index (κ3) is 4.06. The van der Waals surface area contributed by atoms with E-state index in [0.717, 1.165) is 24.6 Å². The molecule has 0 radical (unpaired) electrons. The molecule has 3 N–H and O–H groups in total. The first-order chi connectivity index (χ1) is 7.57. The lowest BCUT2D eigenvalue weighted by atomic mass is 10.1. The van der Waals surface area contributed by atoms with Gasteiger partial charge in [0.2, 0.25) is 0 Å². The molecule has 1 heterocycles. The summed E-state index contributed by atoms with van der Waals surface area (Å²) in [5, 5.41) is 15.6. The molecule has 0 saturated carbocycles. The maximum atomic E-state index is 9.16. The van der Waals surface area contributed by atoms with Crippen LogP contribution in [0.15, 0.2) is 18.2 Å². The summed E-state index contributed by atoms with van der Waals surface area (Å²) in [5.74, 6) is 1.64. The molecule has 0 amide bonds. The predicted molar refractivity (Wildman–Crippen MR) is 67.8 cm³/mol. The number of hydrogen-bond donors (Lipinski definition) is 3. The highest BCUT2D eigenvalue weighted by Crippen LogP contribution is 2.14. The number of rotatable bonds is 6. The predicted octanol–water partition coefficient (Wildman–Crippen LogP) is 2.09. The zero-order valence-corrected chi connectivity index (χ0v) is 10.2. The fraction of sp³-hybridized carbons (Fsp3) is 0.583. The first-order valence-corrected chi connectivity index (χ1v) is 5.67. The molecule has 16 heavy (non-hydrogen) atoms. The van der Waals surface area contributed by atoms with Gasteiger partial charge >= 0.3 is 0 Å². The molecular formula is C12H21N3O. The second kappa shape index (κ2) is 5.70. The van der Waals surface area contributed by atoms with E-state index in [4.69, 9.17) is 5.11 Å². The minimum Gasteiger partial charge on any atom is -0.394 e. The van der Waals surface area contributed by atoms with Crippen molar-refractivity contribution in [3.63, 3.8) is 0 Å². The quantitative estimate of drug-likeness (QED) is 0.691. The lowest BCUT2D eigenvalue weighted by Gasteiger charge is -2.24. The highest BCUT2D eigenvalue weighted by atomic mass is 16.3. The van der Waals surface area contributed by atoms with Crippen LogP contribution in [0.5, 0.6) is 0 Å². The number of nitrogens with one attached hydrogen (secondary N) is 2. The summed E-state index contributed by atoms with van der Waals surface area (Å²) >= 11 is 0. The van der Waals surface area contributed by atoms with Crippen LogP contribution in [0.2, 0.25) is 0 Å². The van der Waals surface area contributed by atoms with Gasteiger partial charge < -0.3 is 15.7 Å². The van der Waals surface area contributed by atoms with Gasteiger partial charge in [-0.05, 0) is 32.4 Å². The summed E-state index contributed by atoms with van der Waals surface area (Å²) in [5.41, 5.74) is -0.351. The van der Waals surface area contributed by atoms with Crippen molar-refractivity contribution < 1.29 is 5.11 Å². The number of pyridine rings is 1. The van der Waals surface area contributed by atoms with E-state index in [2.05, 4.69) is 22.5 Å². The number of anilines is 2. The van der Waals surface area contributed by atoms with Gasteiger partial charge in [0.25, 0.3) is 0 Å². The average molecular weight is 223 g/mol. The van der Waals surface area contributed by atoms with Crippen molar-refractivity contribution in [3.8, 4) is 0 Å². The third-order valence-corrected chi connectivity index (χ3v) is 2.17. The van der Waals surface area contributed by atoms with Crippen LogP contribution in [0.1, 0.15) is 27.2 Å². The van der Waals surface area contributed by atoms with Gasteiger partial charge in [-0.1, -0.05) is 13.0 Å². The maximum Gasteiger partial charge on any atom is 0.128 e. The summed E-state index contributed by atoms with van der Waals surface area (Å²) in [7, 11) is 0. The summed E-state index contributed by atoms with van der Waals surface area (Å²) in [6, 6.07) is 5.78. The van der Waals surface area contributed by atoms with Crippen molar-refractivity contribution in [1.82, 2.24) is 4.98 Å². The number of aliphatic hydroxyl groups is 1. The van der Waals surface area contributed by atoms with E-state index in [-0.39, 0.29) is 12.1 Å². The third-order valence-electron chi connectivity index (χ3n) is 2.17. The zero-order chi connectivity index (χ0) is 12.0. The minimum absolute atomic E-state index is 0.0707. The monoisotopic (exact) mass is 223 g/mol. The van der Waals surface area contributed by atoms with Crippen molar-refractivity contribution in [2.24, 2.45) is 0 Å². The Morgan fingerprint density at radius 2 is 2.00 bits per heavy atom. The van der Waals surface area contributed by atoms with E-state index in [1.807, 2.05) is 32.0 Å². The van der Waals surface area contributed by atoms with Gasteiger partial charge in [-0.2, -0.15) is 0 Å². The number of nitrogens with zero attached hydrogens (tertiary/aromatic N) is 1. The normalized spacial score (nSPS) is 11.2. The Balaban J connectivity index is 2.67. The second-order valence-electron chi connectivity index (χ2n) is 4.50. The summed E-state index contributed by atoms with van der Waals surface area (Å²) in [6.07, 6.45) is 1.07. The number of aliphatic hydroxyl groups excluding tert-OH is 1. The zero-order valence-electron chi connectivity index (χ0n) is 10.2. The van der Waals surface area contributed by atoms with Gasteiger partial charge in [0.15, 0.2) is 0 Å². The van der Waals surface area contributed by atoms with E-state index in [1.165, 1.54) is 0 Å². The van der Waals surface area contributed by atoms with Crippen LogP contribution in [-0.2, 0) is 0 Å². The summed E-state index contributed by atoms with van der Waals surface area (Å²) in [4.78, 5) is 4.41. The van der Waals surface area contributed by atoms with E-state index in [0.29, 0.717) is 0 Å². The van der Waals surface area contributed by atoms with E-state index >= 15 is 0 Å². The van der Waals surface area contributed by atoms with Crippen LogP contribution in [-0.4, -0.2) is 28.8 Å². The van der Waals surface area contributed by atoms with Gasteiger partial charge in [0, 0.05) is 6.54 Å². The highest BCUT2D eigenvalue weighted by Gasteiger charge is 2.16. The molecule has 0 atom stereocenters. The molecule has 4 nitrogen and oxygen atoms in total. The molecule has 1 rings (SSSR count). The molecule has 0 saturated heterocycles. The Morgan fingerprint density at radius 1 is 1.31 bits per heavy atom. The van der Waals surface area contributed by atoms with Gasteiger partial charge in [0.05, 0.1) is 12.1 Å². The largest absolute Gasteiger partial charge is 0.394 e. The first-order valence-electron chi connectivity index (χ1n) is 5.67. The number of hydrogen-bond acceptors (Lipinski definition) is 4. The van der Waals surface area contributed by atoms with Crippen LogP contribution < -0.4 is 10.6 Å². The molecule has 0 fully saturated rings. The molecule has 0 bridgehead atoms. The topological polar surface area (TPSA) is 57.2 Å². The van der Waals surface area contributed by atoms with Crippen LogP contribution in [0, 0.1) is 0 Å². The standard InChI is InChI=1S/C12H21N3O/c1-4-8-13-10-6-5-7-11(14-10)15-12(2,3)9-16/h5-7,16H,4,8-9H2,1-3H3,(H2,13,14,15). The molecule has 0 unspecified atom stereocenters. The molecule has 0 aliphatic rings. The van der Waals surface area contributed by atoms with Crippen molar-refractivity contribution in [1.29, 1.82) is 0 Å². The Labute approximate surface area is 97.1 Å². The lowest BCUT2D eigenvalue weighted by molar-refractivity contribution is 0.234. The second-order valence-corrected chi connectivity index (χ2v) is 4.50. The molecule has 90 valence electrons. The Morgan fingerprint density at radius 3 is 2.62 bits per heavy atom. The molecule has 4 heteroatoms. The van der Waals surface area contributed by atoms with Crippen LogP contribution >= 0.6 is 0 Å². The van der Waals surface area contributed by atoms with E-state index < -0.39 is 0 Å². The fourth-order valence-electron chi connectivity index (χ4n) is 1.24. The van der Waals surface area contributed by atoms with Crippen molar-refractivity contribution >= 4 is 11.6 Å². The van der Waals surface area contributed by atoms with Crippen molar-refractivity contribution in [2.75, 3.05) is 23.8 Å². The minimum atomic E-state index is -0.351. The van der Waals surface area contributed by atoms with Crippen LogP contribution in [0.4, 0.5) is 11.6 Å². The molecule has 0 aliphatic carbocycles. The summed E-state index contributed by atoms with van der Waals surface area (Å²) in [6.45, 7) is 6.97. The van der Waals surface area contributed by atoms with Gasteiger partial charge in [-0.25, -0.2) is 4.98 Å². The molecular weight excluding hydrogens is 202 g/mol. The van der Waals surface area contributed by atoms with Crippen LogP contribution in [0.25, 0.3) is 0 Å². The SMILES string of the molecule is CCCNc1cccc(NC(C)(C)CO)n1. The van der Waals surface area contributed by atoms with Gasteiger partial charge in [-0.15, -0.1) is 0 Å². The van der Waals surface area contributed by atoms with Gasteiger partial charge in [-0.3, -0.25) is 0 Å². The van der Waals surface area contributed by atoms with E-state index in [9.17, 15) is 0 Å². The maximum absolute atomic E-state index is 9.16. The Kier molecular flexibility index (Phi) is 4.55. The molecule has 1 aromatic heterocycles. The molecule has 0 aromatic carbocycles. The number of aromatic nitrogens is 1. The Hall–Kier alpha value is -1.29. The van der Waals surface area contributed by atoms with Crippen molar-refractivity contribution in [3.05, 3.63) is 18.2 Å². The molecule has 1 aromatic rings. The summed E-state index contributed by atoms with van der Waals surface area (Å²) < 4.78 is 0. The van der Waals surface area contributed by atoms with Crippen LogP contribution in [0.3, 0.4) is 0 Å². The lowest BCUT2D eigenvalue weighted by Crippen LogP contribution is -2.35. The average Bonchev–Trinajstić information content (AvgIpc) is 2.26.